The Hall–Kier alpha value is -0.500. The Labute approximate surface area is 470 Å². The van der Waals surface area contributed by atoms with Crippen LogP contribution in [0.2, 0.25) is 0 Å². The van der Waals surface area contributed by atoms with Crippen LogP contribution in [0.15, 0.2) is 0 Å². The van der Waals surface area contributed by atoms with Crippen molar-refractivity contribution in [2.45, 2.75) is 379 Å². The number of hydrogen-bond donors (Lipinski definition) is 3. The van der Waals surface area contributed by atoms with Crippen LogP contribution in [0, 0.1) is 0 Å². The molecule has 0 aromatic heterocycles. The van der Waals surface area contributed by atoms with Crippen LogP contribution < -0.4 is 5.32 Å². The number of aliphatic hydroxyl groups excluding tert-OH is 1. The second-order valence-corrected chi connectivity index (χ2v) is 26.4. The van der Waals surface area contributed by atoms with Crippen molar-refractivity contribution in [3.8, 4) is 0 Å². The first kappa shape index (κ1) is 74.5. The van der Waals surface area contributed by atoms with Gasteiger partial charge in [-0.15, -0.1) is 0 Å². The molecule has 0 aromatic rings. The molecule has 0 bridgehead atoms. The lowest BCUT2D eigenvalue weighted by molar-refractivity contribution is -0.870. The van der Waals surface area contributed by atoms with Gasteiger partial charge in [0.25, 0.3) is 0 Å². The lowest BCUT2D eigenvalue weighted by atomic mass is 10.0. The molecule has 0 aromatic carbocycles. The Bertz CT molecular complexity index is 1180. The molecule has 0 rings (SSSR count). The highest BCUT2D eigenvalue weighted by atomic mass is 31.2. The molecule has 8 nitrogen and oxygen atoms in total. The first-order chi connectivity index (χ1) is 36.5. The van der Waals surface area contributed by atoms with Crippen LogP contribution in [0.25, 0.3) is 0 Å². The number of phosphoric acid groups is 1. The van der Waals surface area contributed by atoms with Gasteiger partial charge in [-0.05, 0) is 12.8 Å². The molecular formula is C66H136N2O6P+. The number of aliphatic hydroxyl groups is 1. The summed E-state index contributed by atoms with van der Waals surface area (Å²) in [5.41, 5.74) is 0. The maximum absolute atomic E-state index is 13.0. The summed E-state index contributed by atoms with van der Waals surface area (Å²) in [4.78, 5) is 23.4. The van der Waals surface area contributed by atoms with Crippen molar-refractivity contribution in [1.82, 2.24) is 5.32 Å². The number of nitrogens with zero attached hydrogens (tertiary/aromatic N) is 1. The standard InChI is InChI=1S/C66H135N2O6P/c1-6-8-10-12-14-16-18-20-22-24-25-26-27-28-29-30-31-32-33-34-35-36-37-38-39-40-41-42-44-46-48-50-52-54-56-58-60-66(70)67-64(63-74-75(71,72)73-62-61-68(3,4)5)65(69)59-57-55-53-51-49-47-45-43-23-21-19-17-15-13-11-9-7-2/h64-65,69H,6-63H2,1-5H3,(H-,67,70,71,72)/p+1. The molecule has 0 aliphatic heterocycles. The van der Waals surface area contributed by atoms with Crippen molar-refractivity contribution in [2.24, 2.45) is 0 Å². The number of carbonyl (C=O) groups excluding carboxylic acids is 1. The summed E-state index contributed by atoms with van der Waals surface area (Å²) in [6.45, 7) is 4.95. The Kier molecular flexibility index (Phi) is 57.8. The molecule has 0 aliphatic rings. The first-order valence-electron chi connectivity index (χ1n) is 33.9. The third-order valence-electron chi connectivity index (χ3n) is 16.1. The predicted molar refractivity (Wildman–Crippen MR) is 328 cm³/mol. The summed E-state index contributed by atoms with van der Waals surface area (Å²) in [7, 11) is 1.64. The van der Waals surface area contributed by atoms with Crippen LogP contribution in [-0.2, 0) is 18.4 Å². The maximum atomic E-state index is 13.0. The van der Waals surface area contributed by atoms with E-state index in [1.54, 1.807) is 0 Å². The zero-order chi connectivity index (χ0) is 54.9. The summed E-state index contributed by atoms with van der Waals surface area (Å²) in [6.07, 6.45) is 72.1. The number of phosphoric ester groups is 1. The molecule has 75 heavy (non-hydrogen) atoms. The number of nitrogens with one attached hydrogen (secondary N) is 1. The topological polar surface area (TPSA) is 105 Å². The molecule has 3 unspecified atom stereocenters. The molecule has 3 N–H and O–H groups in total. The van der Waals surface area contributed by atoms with Gasteiger partial charge in [-0.1, -0.05) is 348 Å². The largest absolute Gasteiger partial charge is 0.472 e. The van der Waals surface area contributed by atoms with Crippen LogP contribution >= 0.6 is 7.82 Å². The average molecular weight is 1080 g/mol. The first-order valence-corrected chi connectivity index (χ1v) is 35.4. The molecule has 0 spiro atoms. The fourth-order valence-electron chi connectivity index (χ4n) is 10.8. The van der Waals surface area contributed by atoms with Gasteiger partial charge in [-0.3, -0.25) is 13.8 Å². The van der Waals surface area contributed by atoms with Gasteiger partial charge in [-0.2, -0.15) is 0 Å². The Morgan fingerprint density at radius 1 is 0.400 bits per heavy atom. The normalized spacial score (nSPS) is 13.6. The minimum Gasteiger partial charge on any atom is -0.391 e. The molecule has 0 radical (unpaired) electrons. The number of likely N-dealkylation sites (N-methyl/N-ethyl adjacent to an activating group) is 1. The third kappa shape index (κ3) is 61.0. The van der Waals surface area contributed by atoms with E-state index in [9.17, 15) is 19.4 Å². The van der Waals surface area contributed by atoms with Gasteiger partial charge >= 0.3 is 7.82 Å². The predicted octanol–water partition coefficient (Wildman–Crippen LogP) is 21.2. The zero-order valence-corrected chi connectivity index (χ0v) is 52.5. The molecule has 0 saturated heterocycles. The monoisotopic (exact) mass is 1080 g/mol. The molecule has 0 aliphatic carbocycles. The van der Waals surface area contributed by atoms with Gasteiger partial charge in [0, 0.05) is 6.42 Å². The summed E-state index contributed by atoms with van der Waals surface area (Å²) < 4.78 is 23.8. The second-order valence-electron chi connectivity index (χ2n) is 24.9. The van der Waals surface area contributed by atoms with Gasteiger partial charge < -0.3 is 19.8 Å². The highest BCUT2D eigenvalue weighted by Gasteiger charge is 2.28. The van der Waals surface area contributed by atoms with Gasteiger partial charge in [0.1, 0.15) is 13.2 Å². The van der Waals surface area contributed by atoms with E-state index in [1.165, 1.54) is 302 Å². The number of unbranched alkanes of at least 4 members (excludes halogenated alkanes) is 51. The minimum absolute atomic E-state index is 0.0792. The van der Waals surface area contributed by atoms with Crippen LogP contribution in [0.1, 0.15) is 367 Å². The lowest BCUT2D eigenvalue weighted by Gasteiger charge is -2.26. The quantitative estimate of drug-likeness (QED) is 0.0318. The van der Waals surface area contributed by atoms with Crippen LogP contribution in [0.3, 0.4) is 0 Å². The van der Waals surface area contributed by atoms with Gasteiger partial charge in [0.15, 0.2) is 0 Å². The number of carbonyl (C=O) groups is 1. The van der Waals surface area contributed by atoms with Gasteiger partial charge in [0.2, 0.25) is 5.91 Å². The number of rotatable bonds is 64. The number of amides is 1. The molecule has 9 heteroatoms. The summed E-state index contributed by atoms with van der Waals surface area (Å²) in [6, 6.07) is -0.756. The second kappa shape index (κ2) is 58.2. The van der Waals surface area contributed by atoms with Crippen LogP contribution in [0.4, 0.5) is 0 Å². The average Bonchev–Trinajstić information content (AvgIpc) is 3.37. The molecule has 1 amide bonds. The van der Waals surface area contributed by atoms with Gasteiger partial charge in [-0.25, -0.2) is 4.57 Å². The van der Waals surface area contributed by atoms with Crippen LogP contribution in [0.5, 0.6) is 0 Å². The van der Waals surface area contributed by atoms with Crippen molar-refractivity contribution in [2.75, 3.05) is 40.9 Å². The summed E-state index contributed by atoms with van der Waals surface area (Å²) in [5, 5.41) is 14.1. The van der Waals surface area contributed by atoms with Crippen molar-refractivity contribution in [3.63, 3.8) is 0 Å². The van der Waals surface area contributed by atoms with Crippen molar-refractivity contribution in [3.05, 3.63) is 0 Å². The van der Waals surface area contributed by atoms with Crippen molar-refractivity contribution >= 4 is 13.7 Å². The highest BCUT2D eigenvalue weighted by Crippen LogP contribution is 2.43. The van der Waals surface area contributed by atoms with E-state index in [2.05, 4.69) is 19.2 Å². The van der Waals surface area contributed by atoms with E-state index in [1.807, 2.05) is 21.1 Å². The molecule has 0 heterocycles. The summed E-state index contributed by atoms with van der Waals surface area (Å²) in [5.74, 6) is -0.134. The van der Waals surface area contributed by atoms with Gasteiger partial charge in [0.05, 0.1) is 39.9 Å². The van der Waals surface area contributed by atoms with Crippen LogP contribution in [-0.4, -0.2) is 73.4 Å². The Morgan fingerprint density at radius 3 is 0.893 bits per heavy atom. The molecular weight excluding hydrogens is 948 g/mol. The van der Waals surface area contributed by atoms with E-state index in [0.29, 0.717) is 23.9 Å². The Morgan fingerprint density at radius 2 is 0.640 bits per heavy atom. The molecule has 0 fully saturated rings. The molecule has 450 valence electrons. The third-order valence-corrected chi connectivity index (χ3v) is 17.1. The smallest absolute Gasteiger partial charge is 0.391 e. The number of quaternary nitrogens is 1. The fourth-order valence-corrected chi connectivity index (χ4v) is 11.6. The SMILES string of the molecule is CCCCCCCCCCCCCCCCCCCCCCCCCCCCCCCCCCCCCCC(=O)NC(COP(=O)(O)OCC[N+](C)(C)C)C(O)CCCCCCCCCCCCCCCCCCC. The lowest BCUT2D eigenvalue weighted by Crippen LogP contribution is -2.46. The van der Waals surface area contributed by atoms with E-state index >= 15 is 0 Å². The molecule has 0 saturated carbocycles. The highest BCUT2D eigenvalue weighted by molar-refractivity contribution is 7.47. The fraction of sp³-hybridized carbons (Fsp3) is 0.985. The van der Waals surface area contributed by atoms with E-state index < -0.39 is 20.0 Å². The van der Waals surface area contributed by atoms with Crippen molar-refractivity contribution < 1.29 is 32.9 Å². The van der Waals surface area contributed by atoms with E-state index in [4.69, 9.17) is 9.05 Å². The Balaban J connectivity index is 3.88. The molecule has 3 atom stereocenters. The van der Waals surface area contributed by atoms with Crippen molar-refractivity contribution in [1.29, 1.82) is 0 Å². The van der Waals surface area contributed by atoms with E-state index in [0.717, 1.165) is 38.5 Å². The van der Waals surface area contributed by atoms with E-state index in [-0.39, 0.29) is 19.1 Å². The number of hydrogen-bond acceptors (Lipinski definition) is 5. The minimum atomic E-state index is -4.32. The summed E-state index contributed by atoms with van der Waals surface area (Å²) >= 11 is 0. The maximum Gasteiger partial charge on any atom is 0.472 e. The zero-order valence-electron chi connectivity index (χ0n) is 51.6.